The maximum Gasteiger partial charge on any atom is 0.142 e. The SMILES string of the molecule is COc1ccc(C(O)c2nccn2C)c(F)c1. The predicted octanol–water partition coefficient (Wildman–Crippen LogP) is 1.65. The summed E-state index contributed by atoms with van der Waals surface area (Å²) in [6.07, 6.45) is 2.17. The Balaban J connectivity index is 2.38. The van der Waals surface area contributed by atoms with Crippen LogP contribution < -0.4 is 4.74 Å². The lowest BCUT2D eigenvalue weighted by Gasteiger charge is -2.12. The summed E-state index contributed by atoms with van der Waals surface area (Å²) in [5.41, 5.74) is 0.181. The zero-order valence-corrected chi connectivity index (χ0v) is 9.59. The molecule has 0 radical (unpaired) electrons. The van der Waals surface area contributed by atoms with Gasteiger partial charge in [0.1, 0.15) is 23.5 Å². The molecule has 0 spiro atoms. The second kappa shape index (κ2) is 4.55. The summed E-state index contributed by atoms with van der Waals surface area (Å²) in [4.78, 5) is 3.99. The molecule has 0 aliphatic rings. The predicted molar refractivity (Wildman–Crippen MR) is 60.2 cm³/mol. The van der Waals surface area contributed by atoms with Gasteiger partial charge in [-0.3, -0.25) is 0 Å². The normalized spacial score (nSPS) is 12.5. The molecule has 2 aromatic rings. The van der Waals surface area contributed by atoms with E-state index in [1.807, 2.05) is 0 Å². The van der Waals surface area contributed by atoms with Crippen LogP contribution >= 0.6 is 0 Å². The third-order valence-corrected chi connectivity index (χ3v) is 2.61. The minimum absolute atomic E-state index is 0.181. The number of rotatable bonds is 3. The van der Waals surface area contributed by atoms with Gasteiger partial charge in [-0.05, 0) is 12.1 Å². The van der Waals surface area contributed by atoms with Gasteiger partial charge in [0.25, 0.3) is 0 Å². The first kappa shape index (κ1) is 11.6. The zero-order chi connectivity index (χ0) is 12.4. The van der Waals surface area contributed by atoms with Crippen molar-refractivity contribution < 1.29 is 14.2 Å². The van der Waals surface area contributed by atoms with Gasteiger partial charge in [0.15, 0.2) is 0 Å². The number of ether oxygens (including phenoxy) is 1. The quantitative estimate of drug-likeness (QED) is 0.881. The molecular weight excluding hydrogens is 223 g/mol. The van der Waals surface area contributed by atoms with Gasteiger partial charge in [-0.25, -0.2) is 9.37 Å². The van der Waals surface area contributed by atoms with Gasteiger partial charge in [0.2, 0.25) is 0 Å². The maximum atomic E-state index is 13.7. The minimum Gasteiger partial charge on any atom is -0.497 e. The van der Waals surface area contributed by atoms with Crippen molar-refractivity contribution >= 4 is 0 Å². The van der Waals surface area contributed by atoms with Crippen molar-refractivity contribution in [3.63, 3.8) is 0 Å². The molecule has 1 aromatic heterocycles. The Morgan fingerprint density at radius 3 is 2.76 bits per heavy atom. The molecule has 0 saturated carbocycles. The van der Waals surface area contributed by atoms with Gasteiger partial charge in [0, 0.05) is 31.1 Å². The Bertz CT molecular complexity index is 525. The van der Waals surface area contributed by atoms with Gasteiger partial charge in [-0.15, -0.1) is 0 Å². The van der Waals surface area contributed by atoms with Crippen molar-refractivity contribution in [1.29, 1.82) is 0 Å². The van der Waals surface area contributed by atoms with E-state index < -0.39 is 11.9 Å². The second-order valence-corrected chi connectivity index (χ2v) is 3.69. The molecule has 1 atom stereocenters. The molecule has 1 N–H and O–H groups in total. The summed E-state index contributed by atoms with van der Waals surface area (Å²) in [5, 5.41) is 10.0. The van der Waals surface area contributed by atoms with Crippen LogP contribution in [0.25, 0.3) is 0 Å². The highest BCUT2D eigenvalue weighted by Crippen LogP contribution is 2.25. The van der Waals surface area contributed by atoms with Gasteiger partial charge >= 0.3 is 0 Å². The monoisotopic (exact) mass is 236 g/mol. The van der Waals surface area contributed by atoms with Crippen molar-refractivity contribution in [2.24, 2.45) is 7.05 Å². The van der Waals surface area contributed by atoms with Gasteiger partial charge in [-0.1, -0.05) is 0 Å². The van der Waals surface area contributed by atoms with Crippen molar-refractivity contribution in [3.8, 4) is 5.75 Å². The number of benzene rings is 1. The second-order valence-electron chi connectivity index (χ2n) is 3.69. The summed E-state index contributed by atoms with van der Waals surface area (Å²) in [6.45, 7) is 0. The number of imidazole rings is 1. The number of nitrogens with zero attached hydrogens (tertiary/aromatic N) is 2. The molecule has 0 amide bonds. The molecule has 0 saturated heterocycles. The first-order valence-corrected chi connectivity index (χ1v) is 5.12. The Labute approximate surface area is 98.3 Å². The van der Waals surface area contributed by atoms with E-state index in [1.54, 1.807) is 30.1 Å². The van der Waals surface area contributed by atoms with E-state index in [0.717, 1.165) is 0 Å². The molecule has 90 valence electrons. The average molecular weight is 236 g/mol. The maximum absolute atomic E-state index is 13.7. The van der Waals surface area contributed by atoms with E-state index in [1.165, 1.54) is 19.2 Å². The summed E-state index contributed by atoms with van der Waals surface area (Å²) in [7, 11) is 3.20. The van der Waals surface area contributed by atoms with E-state index in [2.05, 4.69) is 4.98 Å². The molecule has 0 bridgehead atoms. The summed E-state index contributed by atoms with van der Waals surface area (Å²) < 4.78 is 20.3. The molecule has 0 aliphatic carbocycles. The van der Waals surface area contributed by atoms with E-state index in [4.69, 9.17) is 4.74 Å². The fourth-order valence-corrected chi connectivity index (χ4v) is 1.64. The van der Waals surface area contributed by atoms with E-state index in [0.29, 0.717) is 11.6 Å². The highest BCUT2D eigenvalue weighted by Gasteiger charge is 2.18. The molecule has 1 heterocycles. The Hall–Kier alpha value is -1.88. The van der Waals surface area contributed by atoms with Crippen LogP contribution in [-0.4, -0.2) is 21.8 Å². The molecule has 1 unspecified atom stereocenters. The third-order valence-electron chi connectivity index (χ3n) is 2.61. The molecule has 2 rings (SSSR count). The van der Waals surface area contributed by atoms with Crippen molar-refractivity contribution in [2.45, 2.75) is 6.10 Å². The molecule has 1 aromatic carbocycles. The van der Waals surface area contributed by atoms with Gasteiger partial charge in [-0.2, -0.15) is 0 Å². The standard InChI is InChI=1S/C12H13FN2O2/c1-15-6-5-14-12(15)11(16)9-4-3-8(17-2)7-10(9)13/h3-7,11,16H,1-2H3. The van der Waals surface area contributed by atoms with E-state index >= 15 is 0 Å². The Morgan fingerprint density at radius 2 is 2.24 bits per heavy atom. The summed E-state index contributed by atoms with van der Waals surface area (Å²) in [5.74, 6) is 0.298. The number of hydrogen-bond acceptors (Lipinski definition) is 3. The highest BCUT2D eigenvalue weighted by molar-refractivity contribution is 5.32. The van der Waals surface area contributed by atoms with Crippen molar-refractivity contribution in [3.05, 3.63) is 47.8 Å². The van der Waals surface area contributed by atoms with Crippen LogP contribution in [0.2, 0.25) is 0 Å². The van der Waals surface area contributed by atoms with Crippen LogP contribution in [0.4, 0.5) is 4.39 Å². The minimum atomic E-state index is -1.08. The lowest BCUT2D eigenvalue weighted by molar-refractivity contribution is 0.201. The number of hydrogen-bond donors (Lipinski definition) is 1. The smallest absolute Gasteiger partial charge is 0.142 e. The Kier molecular flexibility index (Phi) is 3.10. The highest BCUT2D eigenvalue weighted by atomic mass is 19.1. The molecule has 4 nitrogen and oxygen atoms in total. The molecular formula is C12H13FN2O2. The number of methoxy groups -OCH3 is 1. The molecule has 5 heteroatoms. The summed E-state index contributed by atoms with van der Waals surface area (Å²) >= 11 is 0. The zero-order valence-electron chi connectivity index (χ0n) is 9.59. The largest absolute Gasteiger partial charge is 0.497 e. The first-order valence-electron chi connectivity index (χ1n) is 5.12. The lowest BCUT2D eigenvalue weighted by Crippen LogP contribution is -2.08. The van der Waals surface area contributed by atoms with Crippen molar-refractivity contribution in [2.75, 3.05) is 7.11 Å². The molecule has 0 fully saturated rings. The van der Waals surface area contributed by atoms with Crippen LogP contribution in [0.15, 0.2) is 30.6 Å². The molecule has 17 heavy (non-hydrogen) atoms. The Morgan fingerprint density at radius 1 is 1.47 bits per heavy atom. The number of halogens is 1. The van der Waals surface area contributed by atoms with Crippen molar-refractivity contribution in [1.82, 2.24) is 9.55 Å². The van der Waals surface area contributed by atoms with E-state index in [9.17, 15) is 9.50 Å². The number of aromatic nitrogens is 2. The number of aryl methyl sites for hydroxylation is 1. The fourth-order valence-electron chi connectivity index (χ4n) is 1.64. The number of aliphatic hydroxyl groups excluding tert-OH is 1. The van der Waals surface area contributed by atoms with Crippen LogP contribution in [-0.2, 0) is 7.05 Å². The molecule has 0 aliphatic heterocycles. The fraction of sp³-hybridized carbons (Fsp3) is 0.250. The topological polar surface area (TPSA) is 47.3 Å². The average Bonchev–Trinajstić information content (AvgIpc) is 2.74. The first-order chi connectivity index (χ1) is 8.13. The van der Waals surface area contributed by atoms with Crippen LogP contribution in [0.5, 0.6) is 5.75 Å². The van der Waals surface area contributed by atoms with Gasteiger partial charge < -0.3 is 14.4 Å². The number of aliphatic hydroxyl groups is 1. The third kappa shape index (κ3) is 2.14. The van der Waals surface area contributed by atoms with Crippen LogP contribution in [0, 0.1) is 5.82 Å². The van der Waals surface area contributed by atoms with Gasteiger partial charge in [0.05, 0.1) is 7.11 Å². The van der Waals surface area contributed by atoms with E-state index in [-0.39, 0.29) is 5.56 Å². The van der Waals surface area contributed by atoms with Crippen LogP contribution in [0.1, 0.15) is 17.5 Å². The lowest BCUT2D eigenvalue weighted by atomic mass is 10.1. The summed E-state index contributed by atoms with van der Waals surface area (Å²) in [6, 6.07) is 4.33. The van der Waals surface area contributed by atoms with Crippen LogP contribution in [0.3, 0.4) is 0 Å².